The van der Waals surface area contributed by atoms with Gasteiger partial charge in [0.05, 0.1) is 13.1 Å². The minimum atomic E-state index is -5.00. The minimum Gasteiger partial charge on any atom is -0.328 e. The summed E-state index contributed by atoms with van der Waals surface area (Å²) < 4.78 is 65.0. The lowest BCUT2D eigenvalue weighted by Crippen LogP contribution is -2.27. The lowest BCUT2D eigenvalue weighted by Gasteiger charge is -2.08. The van der Waals surface area contributed by atoms with Gasteiger partial charge in [-0.1, -0.05) is 29.8 Å². The maximum absolute atomic E-state index is 12.7. The van der Waals surface area contributed by atoms with Crippen molar-refractivity contribution in [3.8, 4) is 0 Å². The Labute approximate surface area is 248 Å². The van der Waals surface area contributed by atoms with Gasteiger partial charge in [-0.3, -0.25) is 9.59 Å². The summed E-state index contributed by atoms with van der Waals surface area (Å²) in [7, 11) is 0. The van der Waals surface area contributed by atoms with E-state index in [0.29, 0.717) is 17.3 Å². The molecule has 0 saturated heterocycles. The number of alkyl halides is 6. The third kappa shape index (κ3) is 10.1. The van der Waals surface area contributed by atoms with Crippen LogP contribution in [-0.2, 0) is 22.7 Å². The second-order valence-corrected chi connectivity index (χ2v) is 9.25. The number of nitrogens with zero attached hydrogens (tertiary/aromatic N) is 7. The maximum Gasteiger partial charge on any atom is 0.473 e. The van der Waals surface area contributed by atoms with Gasteiger partial charge in [-0.2, -0.15) is 31.9 Å². The predicted molar refractivity (Wildman–Crippen MR) is 141 cm³/mol. The van der Waals surface area contributed by atoms with Crippen LogP contribution in [-0.4, -0.2) is 47.5 Å². The molecular weight excluding hydrogens is 632 g/mol. The monoisotopic (exact) mass is 647 g/mol. The average Bonchev–Trinajstić information content (AvgIpc) is 2.92. The fourth-order valence-electron chi connectivity index (χ4n) is 3.05. The number of hydrogen-bond acceptors (Lipinski definition) is 5. The van der Waals surface area contributed by atoms with Crippen LogP contribution in [0, 0.1) is 0 Å². The molecule has 0 bridgehead atoms. The lowest BCUT2D eigenvalue weighted by molar-refractivity contribution is -0.169. The quantitative estimate of drug-likeness (QED) is 0.134. The van der Waals surface area contributed by atoms with Crippen LogP contribution >= 0.6 is 34.8 Å². The van der Waals surface area contributed by atoms with E-state index < -0.39 is 23.4 Å². The normalized spacial score (nSPS) is 12.5. The van der Waals surface area contributed by atoms with E-state index in [9.17, 15) is 31.5 Å². The largest absolute Gasteiger partial charge is 0.473 e. The molecule has 0 spiro atoms. The fourth-order valence-corrected chi connectivity index (χ4v) is 3.31. The minimum absolute atomic E-state index is 0.0639. The summed E-state index contributed by atoms with van der Waals surface area (Å²) in [6.07, 6.45) is 2.51. The Balaban J connectivity index is 0.000000230. The molecule has 4 rings (SSSR count). The van der Waals surface area contributed by atoms with Crippen molar-refractivity contribution in [3.63, 3.8) is 0 Å². The molecule has 0 fully saturated rings. The van der Waals surface area contributed by atoms with E-state index in [-0.39, 0.29) is 22.8 Å². The molecule has 0 radical (unpaired) electrons. The average molecular weight is 649 g/mol. The van der Waals surface area contributed by atoms with E-state index in [4.69, 9.17) is 23.2 Å². The summed E-state index contributed by atoms with van der Waals surface area (Å²) in [5, 5.41) is -3.61. The number of carbonyl (C=O) groups is 2. The van der Waals surface area contributed by atoms with Crippen LogP contribution < -0.4 is 11.0 Å². The molecule has 42 heavy (non-hydrogen) atoms. The summed E-state index contributed by atoms with van der Waals surface area (Å²) in [5.41, 5.74) is 1.33. The first-order chi connectivity index (χ1) is 19.7. The molecule has 9 nitrogen and oxygen atoms in total. The van der Waals surface area contributed by atoms with Crippen LogP contribution in [0.1, 0.15) is 11.1 Å². The zero-order valence-electron chi connectivity index (χ0n) is 20.9. The zero-order valence-corrected chi connectivity index (χ0v) is 23.2. The summed E-state index contributed by atoms with van der Waals surface area (Å²) in [6.45, 7) is 0.451. The Bertz CT molecular complexity index is 1540. The van der Waals surface area contributed by atoms with Crippen molar-refractivity contribution in [1.29, 1.82) is 0 Å². The van der Waals surface area contributed by atoms with Crippen molar-refractivity contribution in [2.45, 2.75) is 24.6 Å². The number of rotatable bonds is 5. The predicted octanol–water partition coefficient (Wildman–Crippen LogP) is 4.81. The molecule has 0 aliphatic carbocycles. The standard InChI is InChI=1S/C13H9Cl2F2N3O.C12H8ClF3N4O/c14-10-5-4-9(7-18-10)8-20-6-2-1-3-11(20)19-12(21)13(15,16)17;13-11-17-5-8(6-18-11)7-20-4-2-1-3-9(20)19-10(21)12(14,15)16/h1-7H,8H2;1-6H,7H2. The van der Waals surface area contributed by atoms with Crippen LogP contribution in [0.15, 0.2) is 89.5 Å². The van der Waals surface area contributed by atoms with Crippen molar-refractivity contribution < 1.29 is 31.5 Å². The highest BCUT2D eigenvalue weighted by atomic mass is 35.5. The van der Waals surface area contributed by atoms with E-state index in [2.05, 4.69) is 36.5 Å². The van der Waals surface area contributed by atoms with Crippen LogP contribution in [0.3, 0.4) is 0 Å². The van der Waals surface area contributed by atoms with E-state index in [1.807, 2.05) is 0 Å². The molecule has 17 heteroatoms. The number of aromatic nitrogens is 5. The second-order valence-electron chi connectivity index (χ2n) is 8.05. The van der Waals surface area contributed by atoms with Crippen molar-refractivity contribution >= 4 is 46.6 Å². The number of carbonyl (C=O) groups excluding carboxylic acids is 2. The topological polar surface area (TPSA) is 107 Å². The Morgan fingerprint density at radius 3 is 1.69 bits per heavy atom. The third-order valence-electron chi connectivity index (χ3n) is 4.92. The number of amides is 2. The van der Waals surface area contributed by atoms with Gasteiger partial charge in [0, 0.05) is 36.5 Å². The Morgan fingerprint density at radius 1 is 0.714 bits per heavy atom. The molecule has 0 aliphatic rings. The van der Waals surface area contributed by atoms with Crippen LogP contribution in [0.4, 0.5) is 22.0 Å². The van der Waals surface area contributed by atoms with Crippen molar-refractivity contribution in [2.75, 3.05) is 0 Å². The Hall–Kier alpha value is -4.01. The summed E-state index contributed by atoms with van der Waals surface area (Å²) in [6, 6.07) is 12.4. The molecule has 0 saturated carbocycles. The van der Waals surface area contributed by atoms with Gasteiger partial charge in [0.1, 0.15) is 16.1 Å². The Kier molecular flexibility index (Phi) is 11.0. The van der Waals surface area contributed by atoms with Gasteiger partial charge in [0.15, 0.2) is 0 Å². The van der Waals surface area contributed by atoms with Crippen molar-refractivity contribution in [3.05, 3.63) is 112 Å². The van der Waals surface area contributed by atoms with Gasteiger partial charge in [0.2, 0.25) is 5.28 Å². The van der Waals surface area contributed by atoms with Gasteiger partial charge in [0.25, 0.3) is 0 Å². The van der Waals surface area contributed by atoms with Crippen molar-refractivity contribution in [2.24, 2.45) is 9.98 Å². The molecule has 0 atom stereocenters. The van der Waals surface area contributed by atoms with Crippen molar-refractivity contribution in [1.82, 2.24) is 24.1 Å². The first kappa shape index (κ1) is 32.5. The van der Waals surface area contributed by atoms with Gasteiger partial charge >= 0.3 is 23.4 Å². The highest BCUT2D eigenvalue weighted by molar-refractivity contribution is 6.32. The molecule has 2 amide bonds. The summed E-state index contributed by atoms with van der Waals surface area (Å²) in [5.74, 6) is -3.87. The SMILES string of the molecule is O=C(N=c1ccccn1Cc1ccc(Cl)nc1)C(F)(F)Cl.O=C(N=c1ccccn1Cc1cnc(Cl)nc1)C(F)(F)F. The molecule has 0 unspecified atom stereocenters. The molecule has 4 aromatic heterocycles. The molecular formula is C25H17Cl3F5N7O2. The molecule has 4 heterocycles. The van der Waals surface area contributed by atoms with Crippen LogP contribution in [0.25, 0.3) is 0 Å². The maximum atomic E-state index is 12.7. The van der Waals surface area contributed by atoms with Crippen LogP contribution in [0.5, 0.6) is 0 Å². The molecule has 4 aromatic rings. The number of pyridine rings is 3. The highest BCUT2D eigenvalue weighted by Gasteiger charge is 2.38. The lowest BCUT2D eigenvalue weighted by atomic mass is 10.3. The third-order valence-corrected chi connectivity index (χ3v) is 5.50. The van der Waals surface area contributed by atoms with Gasteiger partial charge < -0.3 is 9.13 Å². The zero-order chi connectivity index (χ0) is 30.9. The van der Waals surface area contributed by atoms with E-state index >= 15 is 0 Å². The van der Waals surface area contributed by atoms with Gasteiger partial charge in [-0.25, -0.2) is 15.0 Å². The highest BCUT2D eigenvalue weighted by Crippen LogP contribution is 2.20. The van der Waals surface area contributed by atoms with E-state index in [1.54, 1.807) is 42.7 Å². The molecule has 0 aliphatic heterocycles. The molecule has 220 valence electrons. The molecule has 0 aromatic carbocycles. The Morgan fingerprint density at radius 2 is 1.21 bits per heavy atom. The smallest absolute Gasteiger partial charge is 0.328 e. The van der Waals surface area contributed by atoms with Gasteiger partial charge in [-0.05, 0) is 59.1 Å². The first-order valence-corrected chi connectivity index (χ1v) is 12.6. The molecule has 0 N–H and O–H groups in total. The fraction of sp³-hybridized carbons (Fsp3) is 0.160. The first-order valence-electron chi connectivity index (χ1n) is 11.4. The summed E-state index contributed by atoms with van der Waals surface area (Å²) >= 11 is 15.9. The van der Waals surface area contributed by atoms with E-state index in [0.717, 1.165) is 5.56 Å². The van der Waals surface area contributed by atoms with Crippen LogP contribution in [0.2, 0.25) is 10.4 Å². The number of halogens is 8. The second kappa shape index (κ2) is 14.2. The van der Waals surface area contributed by atoms with Gasteiger partial charge in [-0.15, -0.1) is 0 Å². The number of hydrogen-bond donors (Lipinski definition) is 0. The summed E-state index contributed by atoms with van der Waals surface area (Å²) in [4.78, 5) is 40.0. The van der Waals surface area contributed by atoms with E-state index in [1.165, 1.54) is 45.9 Å².